The van der Waals surface area contributed by atoms with Crippen molar-refractivity contribution in [3.8, 4) is 0 Å². The lowest BCUT2D eigenvalue weighted by atomic mass is 9.82. The zero-order valence-electron chi connectivity index (χ0n) is 16.4. The summed E-state index contributed by atoms with van der Waals surface area (Å²) in [5.41, 5.74) is 0.429. The zero-order valence-corrected chi connectivity index (χ0v) is 18.0. The molecule has 0 heterocycles. The number of carbonyl (C=O) groups excluding carboxylic acids is 3. The van der Waals surface area contributed by atoms with Crippen molar-refractivity contribution < 1.29 is 19.1 Å². The van der Waals surface area contributed by atoms with Crippen molar-refractivity contribution in [2.24, 2.45) is 11.8 Å². The number of ketones is 1. The molecule has 0 spiro atoms. The van der Waals surface area contributed by atoms with Gasteiger partial charge in [0, 0.05) is 16.5 Å². The first kappa shape index (κ1) is 22.8. The lowest BCUT2D eigenvalue weighted by molar-refractivity contribution is -0.147. The minimum absolute atomic E-state index is 0.0449. The lowest BCUT2D eigenvalue weighted by Gasteiger charge is -2.27. The molecule has 1 N–H and O–H groups in total. The van der Waals surface area contributed by atoms with Crippen molar-refractivity contribution in [2.45, 2.75) is 45.1 Å². The van der Waals surface area contributed by atoms with Crippen LogP contribution in [0.15, 0.2) is 24.3 Å². The molecule has 2 rings (SSSR count). The number of nitrogens with one attached hydrogen (secondary N) is 1. The Bertz CT molecular complexity index is 671. The van der Waals surface area contributed by atoms with Gasteiger partial charge in [-0.05, 0) is 74.3 Å². The maximum absolute atomic E-state index is 12.6. The molecule has 0 saturated heterocycles. The molecule has 0 aliphatic heterocycles. The van der Waals surface area contributed by atoms with E-state index in [1.165, 1.54) is 0 Å². The van der Waals surface area contributed by atoms with Crippen LogP contribution in [0.2, 0.25) is 5.02 Å². The monoisotopic (exact) mass is 425 g/mol. The normalized spacial score (nSPS) is 20.2. The standard InChI is InChI=1S/C21H28ClNO4S/c1-14-3-5-16(6-4-14)20(25)23-18(11-12-28-2)21(26)27-13-19(24)15-7-9-17(22)10-8-15/h7-10,14,16,18H,3-6,11-13H2,1-2H3,(H,23,25)/t14?,16?,18-/m1/s1. The number of hydrogen-bond acceptors (Lipinski definition) is 5. The molecule has 1 aromatic carbocycles. The molecule has 0 bridgehead atoms. The molecule has 1 aliphatic rings. The topological polar surface area (TPSA) is 72.5 Å². The van der Waals surface area contributed by atoms with Gasteiger partial charge in [-0.3, -0.25) is 9.59 Å². The first-order chi connectivity index (χ1) is 13.4. The number of ether oxygens (including phenoxy) is 1. The van der Waals surface area contributed by atoms with E-state index in [0.29, 0.717) is 28.7 Å². The highest BCUT2D eigenvalue weighted by Crippen LogP contribution is 2.28. The highest BCUT2D eigenvalue weighted by atomic mass is 35.5. The van der Waals surface area contributed by atoms with Gasteiger partial charge in [-0.25, -0.2) is 4.79 Å². The van der Waals surface area contributed by atoms with Crippen LogP contribution < -0.4 is 5.32 Å². The summed E-state index contributed by atoms with van der Waals surface area (Å²) in [6.45, 7) is 1.84. The molecule has 1 fully saturated rings. The van der Waals surface area contributed by atoms with Gasteiger partial charge in [-0.1, -0.05) is 18.5 Å². The highest BCUT2D eigenvalue weighted by Gasteiger charge is 2.29. The first-order valence-electron chi connectivity index (χ1n) is 9.65. The van der Waals surface area contributed by atoms with E-state index in [-0.39, 0.29) is 24.2 Å². The summed E-state index contributed by atoms with van der Waals surface area (Å²) in [5, 5.41) is 3.38. The molecule has 1 saturated carbocycles. The van der Waals surface area contributed by atoms with Crippen LogP contribution in [0.3, 0.4) is 0 Å². The molecule has 0 unspecified atom stereocenters. The highest BCUT2D eigenvalue weighted by molar-refractivity contribution is 7.98. The molecule has 154 valence electrons. The first-order valence-corrected chi connectivity index (χ1v) is 11.4. The van der Waals surface area contributed by atoms with Gasteiger partial charge in [-0.15, -0.1) is 0 Å². The van der Waals surface area contributed by atoms with E-state index in [4.69, 9.17) is 16.3 Å². The van der Waals surface area contributed by atoms with Crippen LogP contribution in [-0.4, -0.2) is 42.3 Å². The molecule has 1 atom stereocenters. The summed E-state index contributed by atoms with van der Waals surface area (Å²) >= 11 is 7.41. The molecule has 7 heteroatoms. The zero-order chi connectivity index (χ0) is 20.5. The summed E-state index contributed by atoms with van der Waals surface area (Å²) in [7, 11) is 0. The summed E-state index contributed by atoms with van der Waals surface area (Å²) in [4.78, 5) is 37.2. The quantitative estimate of drug-likeness (QED) is 0.475. The third kappa shape index (κ3) is 7.13. The molecule has 5 nitrogen and oxygen atoms in total. The van der Waals surface area contributed by atoms with Crippen molar-refractivity contribution in [2.75, 3.05) is 18.6 Å². The maximum atomic E-state index is 12.6. The number of amides is 1. The molecule has 1 amide bonds. The van der Waals surface area contributed by atoms with Gasteiger partial charge in [-0.2, -0.15) is 11.8 Å². The Morgan fingerprint density at radius 3 is 2.43 bits per heavy atom. The van der Waals surface area contributed by atoms with Gasteiger partial charge in [0.05, 0.1) is 0 Å². The number of thioether (sulfide) groups is 1. The van der Waals surface area contributed by atoms with Crippen LogP contribution >= 0.6 is 23.4 Å². The predicted molar refractivity (Wildman–Crippen MR) is 113 cm³/mol. The molecular weight excluding hydrogens is 398 g/mol. The van der Waals surface area contributed by atoms with Crippen LogP contribution in [0, 0.1) is 11.8 Å². The number of benzene rings is 1. The molecule has 28 heavy (non-hydrogen) atoms. The third-order valence-electron chi connectivity index (χ3n) is 5.11. The summed E-state index contributed by atoms with van der Waals surface area (Å²) in [5.74, 6) is 0.373. The average Bonchev–Trinajstić information content (AvgIpc) is 2.69. The van der Waals surface area contributed by atoms with Crippen molar-refractivity contribution in [1.29, 1.82) is 0 Å². The van der Waals surface area contributed by atoms with Crippen LogP contribution in [0.5, 0.6) is 0 Å². The van der Waals surface area contributed by atoms with E-state index >= 15 is 0 Å². The van der Waals surface area contributed by atoms with Crippen molar-refractivity contribution in [1.82, 2.24) is 5.32 Å². The number of rotatable bonds is 9. The van der Waals surface area contributed by atoms with Crippen LogP contribution in [0.25, 0.3) is 0 Å². The van der Waals surface area contributed by atoms with E-state index in [1.54, 1.807) is 36.0 Å². The van der Waals surface area contributed by atoms with Gasteiger partial charge in [0.2, 0.25) is 5.91 Å². The Hall–Kier alpha value is -1.53. The number of Topliss-reactive ketones (excluding diaryl/α,β-unsaturated/α-hetero) is 1. The van der Waals surface area contributed by atoms with Crippen molar-refractivity contribution in [3.63, 3.8) is 0 Å². The largest absolute Gasteiger partial charge is 0.456 e. The van der Waals surface area contributed by atoms with Crippen LogP contribution in [-0.2, 0) is 14.3 Å². The third-order valence-corrected chi connectivity index (χ3v) is 6.01. The SMILES string of the molecule is CSCC[C@@H](NC(=O)C1CCC(C)CC1)C(=O)OCC(=O)c1ccc(Cl)cc1. The van der Waals surface area contributed by atoms with Gasteiger partial charge in [0.25, 0.3) is 0 Å². The number of esters is 1. The van der Waals surface area contributed by atoms with Gasteiger partial charge >= 0.3 is 5.97 Å². The van der Waals surface area contributed by atoms with E-state index < -0.39 is 12.0 Å². The summed E-state index contributed by atoms with van der Waals surface area (Å²) in [6.07, 6.45) is 6.20. The Morgan fingerprint density at radius 1 is 1.18 bits per heavy atom. The van der Waals surface area contributed by atoms with E-state index in [9.17, 15) is 14.4 Å². The van der Waals surface area contributed by atoms with E-state index in [0.717, 1.165) is 25.7 Å². The fourth-order valence-corrected chi connectivity index (χ4v) is 3.85. The Morgan fingerprint density at radius 2 is 1.82 bits per heavy atom. The Balaban J connectivity index is 1.89. The Labute approximate surface area is 175 Å². The van der Waals surface area contributed by atoms with Gasteiger partial charge in [0.1, 0.15) is 6.04 Å². The van der Waals surface area contributed by atoms with Gasteiger partial charge in [0.15, 0.2) is 12.4 Å². The second kappa shape index (κ2) is 11.5. The fraction of sp³-hybridized carbons (Fsp3) is 0.571. The number of carbonyl (C=O) groups is 3. The van der Waals surface area contributed by atoms with E-state index in [2.05, 4.69) is 12.2 Å². The molecule has 0 aromatic heterocycles. The summed E-state index contributed by atoms with van der Waals surface area (Å²) in [6, 6.07) is 5.69. The molecule has 1 aliphatic carbocycles. The van der Waals surface area contributed by atoms with Crippen molar-refractivity contribution in [3.05, 3.63) is 34.9 Å². The second-order valence-electron chi connectivity index (χ2n) is 7.34. The Kier molecular flexibility index (Phi) is 9.32. The molecular formula is C21H28ClNO4S. The second-order valence-corrected chi connectivity index (χ2v) is 8.76. The molecule has 1 aromatic rings. The summed E-state index contributed by atoms with van der Waals surface area (Å²) < 4.78 is 5.21. The van der Waals surface area contributed by atoms with E-state index in [1.807, 2.05) is 6.26 Å². The van der Waals surface area contributed by atoms with Crippen molar-refractivity contribution >= 4 is 41.0 Å². The predicted octanol–water partition coefficient (Wildman–Crippen LogP) is 4.13. The van der Waals surface area contributed by atoms with Crippen LogP contribution in [0.4, 0.5) is 0 Å². The van der Waals surface area contributed by atoms with Gasteiger partial charge < -0.3 is 10.1 Å². The number of halogens is 1. The smallest absolute Gasteiger partial charge is 0.329 e. The number of hydrogen-bond donors (Lipinski definition) is 1. The molecule has 0 radical (unpaired) electrons. The minimum atomic E-state index is -0.725. The fourth-order valence-electron chi connectivity index (χ4n) is 3.25. The maximum Gasteiger partial charge on any atom is 0.329 e. The minimum Gasteiger partial charge on any atom is -0.456 e. The average molecular weight is 426 g/mol. The lowest BCUT2D eigenvalue weighted by Crippen LogP contribution is -2.45. The van der Waals surface area contributed by atoms with Crippen LogP contribution in [0.1, 0.15) is 49.4 Å².